The first-order chi connectivity index (χ1) is 11.8. The van der Waals surface area contributed by atoms with E-state index in [9.17, 15) is 4.57 Å². The van der Waals surface area contributed by atoms with Gasteiger partial charge in [-0.1, -0.05) is 34.1 Å². The van der Waals surface area contributed by atoms with Crippen LogP contribution in [0.5, 0.6) is 5.75 Å². The fraction of sp³-hybridized carbons (Fsp3) is 0.700. The second-order valence-electron chi connectivity index (χ2n) is 7.10. The number of ether oxygens (including phenoxy) is 3. The number of methoxy groups -OCH3 is 3. The summed E-state index contributed by atoms with van der Waals surface area (Å²) in [7, 11) is 5.21. The van der Waals surface area contributed by atoms with E-state index >= 15 is 0 Å². The van der Waals surface area contributed by atoms with E-state index in [1.807, 2.05) is 0 Å². The zero-order valence-electron chi connectivity index (χ0n) is 16.9. The van der Waals surface area contributed by atoms with E-state index in [-0.39, 0.29) is 13.9 Å². The van der Waals surface area contributed by atoms with E-state index in [0.717, 1.165) is 30.2 Å². The maximum absolute atomic E-state index is 10.3. The first-order valence-corrected chi connectivity index (χ1v) is 9.61. The molecule has 144 valence electrons. The van der Waals surface area contributed by atoms with Crippen molar-refractivity contribution < 1.29 is 18.8 Å². The van der Waals surface area contributed by atoms with Gasteiger partial charge in [-0.15, -0.1) is 0 Å². The average Bonchev–Trinajstić information content (AvgIpc) is 2.60. The fourth-order valence-corrected chi connectivity index (χ4v) is 2.87. The van der Waals surface area contributed by atoms with Gasteiger partial charge in [0.05, 0.1) is 20.3 Å². The number of hydrogen-bond donors (Lipinski definition) is 0. The van der Waals surface area contributed by atoms with Crippen LogP contribution in [0, 0.1) is 17.3 Å². The summed E-state index contributed by atoms with van der Waals surface area (Å²) in [5, 5.41) is 0.765. The lowest BCUT2D eigenvalue weighted by molar-refractivity contribution is -0.0290. The summed E-state index contributed by atoms with van der Waals surface area (Å²) in [6.45, 7) is 10.7. The Morgan fingerprint density at radius 3 is 1.80 bits per heavy atom. The van der Waals surface area contributed by atoms with Gasteiger partial charge in [-0.25, -0.2) is 0 Å². The molecule has 1 aromatic rings. The van der Waals surface area contributed by atoms with Crippen LogP contribution in [0.15, 0.2) is 24.3 Å². The highest BCUT2D eigenvalue weighted by atomic mass is 31.1. The molecule has 0 aliphatic heterocycles. The molecular weight excluding hydrogens is 335 g/mol. The minimum Gasteiger partial charge on any atom is -0.497 e. The maximum atomic E-state index is 10.3. The number of hydrogen-bond acceptors (Lipinski definition) is 4. The van der Waals surface area contributed by atoms with Gasteiger partial charge in [0.15, 0.2) is 8.46 Å². The Bertz CT molecular complexity index is 451. The molecule has 25 heavy (non-hydrogen) atoms. The summed E-state index contributed by atoms with van der Waals surface area (Å²) in [5.41, 5.74) is 0.188. The smallest absolute Gasteiger partial charge is 0.192 e. The van der Waals surface area contributed by atoms with Crippen LogP contribution in [0.25, 0.3) is 0 Å². The molecule has 0 saturated heterocycles. The van der Waals surface area contributed by atoms with E-state index in [0.29, 0.717) is 5.92 Å². The average molecular weight is 370 g/mol. The Labute approximate surface area is 155 Å². The van der Waals surface area contributed by atoms with Crippen LogP contribution in [-0.2, 0) is 14.0 Å². The number of benzene rings is 1. The second kappa shape index (κ2) is 13.3. The topological polar surface area (TPSA) is 44.8 Å². The van der Waals surface area contributed by atoms with Gasteiger partial charge >= 0.3 is 0 Å². The minimum absolute atomic E-state index is 0.0523. The van der Waals surface area contributed by atoms with Crippen molar-refractivity contribution in [3.63, 3.8) is 0 Å². The highest BCUT2D eigenvalue weighted by molar-refractivity contribution is 7.34. The summed E-state index contributed by atoms with van der Waals surface area (Å²) >= 11 is 0. The molecule has 0 unspecified atom stereocenters. The predicted octanol–water partition coefficient (Wildman–Crippen LogP) is 4.97. The summed E-state index contributed by atoms with van der Waals surface area (Å²) < 4.78 is 25.9. The van der Waals surface area contributed by atoms with Crippen molar-refractivity contribution >= 4 is 13.8 Å². The van der Waals surface area contributed by atoms with Crippen LogP contribution in [0.1, 0.15) is 40.5 Å². The van der Waals surface area contributed by atoms with Gasteiger partial charge in [0, 0.05) is 24.9 Å². The SMILES string of the molecule is COCC(CCC(C)C)(COC)C(C)C.COc1ccc(P=O)cc1. The Morgan fingerprint density at radius 2 is 1.48 bits per heavy atom. The molecule has 4 nitrogen and oxygen atoms in total. The molecule has 0 radical (unpaired) electrons. The van der Waals surface area contributed by atoms with Crippen LogP contribution >= 0.6 is 8.46 Å². The highest BCUT2D eigenvalue weighted by Crippen LogP contribution is 2.34. The molecule has 0 heterocycles. The first kappa shape index (κ1) is 24.0. The monoisotopic (exact) mass is 370 g/mol. The largest absolute Gasteiger partial charge is 0.497 e. The van der Waals surface area contributed by atoms with E-state index < -0.39 is 0 Å². The van der Waals surface area contributed by atoms with Crippen LogP contribution in [0.4, 0.5) is 0 Å². The van der Waals surface area contributed by atoms with Gasteiger partial charge in [-0.05, 0) is 42.5 Å². The van der Waals surface area contributed by atoms with Crippen molar-refractivity contribution in [2.45, 2.75) is 40.5 Å². The van der Waals surface area contributed by atoms with Crippen LogP contribution in [0.2, 0.25) is 0 Å². The molecule has 0 aliphatic carbocycles. The van der Waals surface area contributed by atoms with Crippen LogP contribution in [0.3, 0.4) is 0 Å². The molecule has 0 fully saturated rings. The van der Waals surface area contributed by atoms with Crippen LogP contribution in [-0.4, -0.2) is 34.5 Å². The summed E-state index contributed by atoms with van der Waals surface area (Å²) in [6, 6.07) is 7.07. The lowest BCUT2D eigenvalue weighted by atomic mass is 9.74. The summed E-state index contributed by atoms with van der Waals surface area (Å²) in [5.74, 6) is 2.13. The normalized spacial score (nSPS) is 11.6. The van der Waals surface area contributed by atoms with Crippen LogP contribution < -0.4 is 10.0 Å². The standard InChI is InChI=1S/C13H28O2.C7H7O2P/c1-11(2)7-8-13(9-14-5,10-15-6)12(3)4;1-9-6-2-4-7(10-8)5-3-6/h11-12H,7-10H2,1-6H3;2-5H,1H3. The van der Waals surface area contributed by atoms with E-state index in [4.69, 9.17) is 14.2 Å². The van der Waals surface area contributed by atoms with Gasteiger partial charge in [0.1, 0.15) is 5.75 Å². The Morgan fingerprint density at radius 1 is 0.960 bits per heavy atom. The fourth-order valence-electron chi connectivity index (χ4n) is 2.60. The third-order valence-electron chi connectivity index (χ3n) is 4.49. The quantitative estimate of drug-likeness (QED) is 0.546. The molecule has 0 saturated carbocycles. The molecule has 0 amide bonds. The molecule has 1 rings (SSSR count). The Hall–Kier alpha value is -0.960. The number of rotatable bonds is 10. The van der Waals surface area contributed by atoms with Gasteiger partial charge in [-0.2, -0.15) is 0 Å². The molecule has 0 N–H and O–H groups in total. The zero-order valence-corrected chi connectivity index (χ0v) is 17.8. The molecular formula is C20H35O4P. The summed E-state index contributed by atoms with van der Waals surface area (Å²) in [4.78, 5) is 0. The molecule has 0 aromatic heterocycles. The van der Waals surface area contributed by atoms with E-state index in [1.165, 1.54) is 12.8 Å². The molecule has 0 bridgehead atoms. The lowest BCUT2D eigenvalue weighted by Crippen LogP contribution is -2.37. The van der Waals surface area contributed by atoms with Crippen molar-refractivity contribution in [1.82, 2.24) is 0 Å². The third-order valence-corrected chi connectivity index (χ3v) is 4.99. The van der Waals surface area contributed by atoms with E-state index in [2.05, 4.69) is 27.7 Å². The molecule has 5 heteroatoms. The first-order valence-electron chi connectivity index (χ1n) is 8.80. The third kappa shape index (κ3) is 9.34. The highest BCUT2D eigenvalue weighted by Gasteiger charge is 2.33. The van der Waals surface area contributed by atoms with Crippen molar-refractivity contribution in [1.29, 1.82) is 0 Å². The molecule has 0 atom stereocenters. The van der Waals surface area contributed by atoms with Gasteiger partial charge in [-0.3, -0.25) is 4.57 Å². The predicted molar refractivity (Wildman–Crippen MR) is 105 cm³/mol. The van der Waals surface area contributed by atoms with Crippen molar-refractivity contribution in [2.24, 2.45) is 17.3 Å². The van der Waals surface area contributed by atoms with Crippen molar-refractivity contribution in [3.8, 4) is 5.75 Å². The Balaban J connectivity index is 0.000000496. The minimum atomic E-state index is 0.0523. The summed E-state index contributed by atoms with van der Waals surface area (Å²) in [6.07, 6.45) is 2.43. The van der Waals surface area contributed by atoms with Gasteiger partial charge < -0.3 is 14.2 Å². The Kier molecular flexibility index (Phi) is 12.8. The van der Waals surface area contributed by atoms with Crippen molar-refractivity contribution in [2.75, 3.05) is 34.5 Å². The molecule has 1 aromatic carbocycles. The van der Waals surface area contributed by atoms with E-state index in [1.54, 1.807) is 45.6 Å². The lowest BCUT2D eigenvalue weighted by Gasteiger charge is -2.37. The molecule has 0 spiro atoms. The second-order valence-corrected chi connectivity index (χ2v) is 7.80. The van der Waals surface area contributed by atoms with Crippen molar-refractivity contribution in [3.05, 3.63) is 24.3 Å². The van der Waals surface area contributed by atoms with Gasteiger partial charge in [0.25, 0.3) is 0 Å². The maximum Gasteiger partial charge on any atom is 0.192 e. The van der Waals surface area contributed by atoms with Gasteiger partial charge in [0.2, 0.25) is 0 Å². The molecule has 0 aliphatic rings. The zero-order chi connectivity index (χ0) is 19.3.